The molecule has 0 spiro atoms. The van der Waals surface area contributed by atoms with Gasteiger partial charge in [0.15, 0.2) is 5.82 Å². The number of thioether (sulfide) groups is 1. The topological polar surface area (TPSA) is 61.0 Å². The number of aromatic nitrogens is 2. The Morgan fingerprint density at radius 1 is 1.53 bits per heavy atom. The van der Waals surface area contributed by atoms with Gasteiger partial charge in [-0.1, -0.05) is 13.3 Å². The highest BCUT2D eigenvalue weighted by atomic mass is 127. The van der Waals surface area contributed by atoms with Crippen LogP contribution in [0.2, 0.25) is 0 Å². The van der Waals surface area contributed by atoms with Crippen LogP contribution in [0.25, 0.3) is 0 Å². The smallest absolute Gasteiger partial charge is 0.160 e. The molecule has 17 heavy (non-hydrogen) atoms. The highest BCUT2D eigenvalue weighted by molar-refractivity contribution is 14.1. The van der Waals surface area contributed by atoms with Crippen molar-refractivity contribution in [3.05, 3.63) is 15.1 Å². The van der Waals surface area contributed by atoms with Gasteiger partial charge in [0.25, 0.3) is 0 Å². The van der Waals surface area contributed by atoms with Gasteiger partial charge in [0.05, 0.1) is 15.9 Å². The second kappa shape index (κ2) is 6.19. The van der Waals surface area contributed by atoms with Crippen molar-refractivity contribution in [3.8, 4) is 0 Å². The van der Waals surface area contributed by atoms with Gasteiger partial charge in [-0.25, -0.2) is 9.97 Å². The Labute approximate surface area is 119 Å². The Morgan fingerprint density at radius 2 is 2.35 bits per heavy atom. The molecule has 4 nitrogen and oxygen atoms in total. The fraction of sp³-hybridized carbons (Fsp3) is 0.636. The molecule has 1 fully saturated rings. The van der Waals surface area contributed by atoms with Gasteiger partial charge in [-0.05, 0) is 29.0 Å². The number of nitrogens with two attached hydrogens (primary N) is 1. The molecule has 0 bridgehead atoms. The minimum absolute atomic E-state index is 0.00339. The van der Waals surface area contributed by atoms with Crippen molar-refractivity contribution in [1.82, 2.24) is 9.97 Å². The normalized spacial score (nSPS) is 20.5. The molecule has 0 aliphatic carbocycles. The van der Waals surface area contributed by atoms with E-state index in [2.05, 4.69) is 39.5 Å². The average Bonchev–Trinajstić information content (AvgIpc) is 2.36. The first-order valence-corrected chi connectivity index (χ1v) is 7.96. The van der Waals surface area contributed by atoms with Crippen LogP contribution in [0, 0.1) is 3.57 Å². The number of anilines is 1. The Kier molecular flexibility index (Phi) is 4.87. The van der Waals surface area contributed by atoms with Crippen LogP contribution in [0.5, 0.6) is 0 Å². The Morgan fingerprint density at radius 3 is 3.00 bits per heavy atom. The van der Waals surface area contributed by atoms with E-state index >= 15 is 0 Å². The molecule has 0 amide bonds. The molecule has 2 heterocycles. The molecule has 94 valence electrons. The van der Waals surface area contributed by atoms with Gasteiger partial charge < -0.3 is 10.5 Å². The molecular weight excluding hydrogens is 349 g/mol. The minimum atomic E-state index is 0.00339. The largest absolute Gasteiger partial charge is 0.383 e. The highest BCUT2D eigenvalue weighted by Crippen LogP contribution is 2.27. The molecule has 1 unspecified atom stereocenters. The third kappa shape index (κ3) is 3.23. The third-order valence-corrected chi connectivity index (χ3v) is 4.72. The van der Waals surface area contributed by atoms with Gasteiger partial charge in [-0.2, -0.15) is 11.8 Å². The third-order valence-electron chi connectivity index (χ3n) is 2.55. The molecule has 6 heteroatoms. The van der Waals surface area contributed by atoms with Crippen molar-refractivity contribution in [2.24, 2.45) is 0 Å². The Hall–Kier alpha value is -0.0800. The zero-order valence-corrected chi connectivity index (χ0v) is 12.8. The molecule has 1 aliphatic rings. The van der Waals surface area contributed by atoms with Crippen molar-refractivity contribution in [1.29, 1.82) is 0 Å². The number of ether oxygens (including phenoxy) is 1. The standard InChI is InChI=1S/C11H16IN3OS/c1-2-3-7-9(12)10(13)15-11(14-7)8-6-17-5-4-16-8/h8H,2-6H2,1H3,(H2,13,14,15). The molecule has 0 radical (unpaired) electrons. The zero-order chi connectivity index (χ0) is 12.3. The van der Waals surface area contributed by atoms with Crippen LogP contribution in [0.1, 0.15) is 31.0 Å². The van der Waals surface area contributed by atoms with E-state index in [1.807, 2.05) is 11.8 Å². The van der Waals surface area contributed by atoms with Crippen molar-refractivity contribution in [2.45, 2.75) is 25.9 Å². The summed E-state index contributed by atoms with van der Waals surface area (Å²) in [5.41, 5.74) is 6.99. The summed E-state index contributed by atoms with van der Waals surface area (Å²) >= 11 is 4.10. The summed E-state index contributed by atoms with van der Waals surface area (Å²) in [4.78, 5) is 8.97. The second-order valence-electron chi connectivity index (χ2n) is 3.91. The van der Waals surface area contributed by atoms with E-state index in [1.165, 1.54) is 0 Å². The maximum atomic E-state index is 5.94. The maximum Gasteiger partial charge on any atom is 0.160 e. The summed E-state index contributed by atoms with van der Waals surface area (Å²) in [6.07, 6.45) is 2.01. The lowest BCUT2D eigenvalue weighted by molar-refractivity contribution is 0.0693. The summed E-state index contributed by atoms with van der Waals surface area (Å²) in [6, 6.07) is 0. The summed E-state index contributed by atoms with van der Waals surface area (Å²) in [5.74, 6) is 3.31. The minimum Gasteiger partial charge on any atom is -0.383 e. The first-order chi connectivity index (χ1) is 8.22. The SMILES string of the molecule is CCCc1nc(C2CSCCO2)nc(N)c1I. The fourth-order valence-corrected chi connectivity index (χ4v) is 3.07. The van der Waals surface area contributed by atoms with Crippen LogP contribution in [0.15, 0.2) is 0 Å². The number of halogens is 1. The van der Waals surface area contributed by atoms with E-state index in [9.17, 15) is 0 Å². The van der Waals surface area contributed by atoms with Crippen molar-refractivity contribution in [3.63, 3.8) is 0 Å². The number of hydrogen-bond acceptors (Lipinski definition) is 5. The molecule has 2 rings (SSSR count). The number of rotatable bonds is 3. The lowest BCUT2D eigenvalue weighted by atomic mass is 10.2. The van der Waals surface area contributed by atoms with Gasteiger partial charge in [0.1, 0.15) is 11.9 Å². The van der Waals surface area contributed by atoms with Crippen LogP contribution >= 0.6 is 34.4 Å². The highest BCUT2D eigenvalue weighted by Gasteiger charge is 2.21. The molecule has 1 aliphatic heterocycles. The van der Waals surface area contributed by atoms with E-state index in [0.717, 1.165) is 46.0 Å². The monoisotopic (exact) mass is 365 g/mol. The van der Waals surface area contributed by atoms with Gasteiger partial charge in [-0.15, -0.1) is 0 Å². The van der Waals surface area contributed by atoms with Gasteiger partial charge >= 0.3 is 0 Å². The van der Waals surface area contributed by atoms with Crippen molar-refractivity contribution in [2.75, 3.05) is 23.8 Å². The van der Waals surface area contributed by atoms with E-state index in [4.69, 9.17) is 10.5 Å². The summed E-state index contributed by atoms with van der Waals surface area (Å²) in [7, 11) is 0. The van der Waals surface area contributed by atoms with E-state index < -0.39 is 0 Å². The van der Waals surface area contributed by atoms with Crippen LogP contribution < -0.4 is 5.73 Å². The van der Waals surface area contributed by atoms with Crippen molar-refractivity contribution >= 4 is 40.2 Å². The number of nitrogens with zero attached hydrogens (tertiary/aromatic N) is 2. The molecule has 1 saturated heterocycles. The lowest BCUT2D eigenvalue weighted by Crippen LogP contribution is -2.20. The Bertz CT molecular complexity index is 397. The van der Waals surface area contributed by atoms with E-state index in [1.54, 1.807) is 0 Å². The number of hydrogen-bond donors (Lipinski definition) is 1. The molecule has 2 N–H and O–H groups in total. The first-order valence-electron chi connectivity index (χ1n) is 5.73. The van der Waals surface area contributed by atoms with Gasteiger partial charge in [0, 0.05) is 11.5 Å². The molecule has 1 atom stereocenters. The molecule has 0 saturated carbocycles. The lowest BCUT2D eigenvalue weighted by Gasteiger charge is -2.21. The van der Waals surface area contributed by atoms with Crippen LogP contribution in [-0.2, 0) is 11.2 Å². The fourth-order valence-electron chi connectivity index (χ4n) is 1.72. The quantitative estimate of drug-likeness (QED) is 0.834. The predicted molar refractivity (Wildman–Crippen MR) is 79.2 cm³/mol. The predicted octanol–water partition coefficient (Wildman–Crippen LogP) is 2.42. The summed E-state index contributed by atoms with van der Waals surface area (Å²) in [6.45, 7) is 2.91. The number of nitrogen functional groups attached to an aromatic ring is 1. The van der Waals surface area contributed by atoms with Crippen LogP contribution in [-0.4, -0.2) is 28.1 Å². The first kappa shape index (κ1) is 13.4. The van der Waals surface area contributed by atoms with Gasteiger partial charge in [0.2, 0.25) is 0 Å². The van der Waals surface area contributed by atoms with E-state index in [0.29, 0.717) is 5.82 Å². The molecule has 0 aromatic carbocycles. The van der Waals surface area contributed by atoms with Crippen LogP contribution in [0.3, 0.4) is 0 Å². The second-order valence-corrected chi connectivity index (χ2v) is 6.14. The molecular formula is C11H16IN3OS. The maximum absolute atomic E-state index is 5.94. The summed E-state index contributed by atoms with van der Waals surface area (Å²) < 4.78 is 6.67. The average molecular weight is 365 g/mol. The molecule has 1 aromatic heterocycles. The van der Waals surface area contributed by atoms with Gasteiger partial charge in [-0.3, -0.25) is 0 Å². The number of aryl methyl sites for hydroxylation is 1. The van der Waals surface area contributed by atoms with E-state index in [-0.39, 0.29) is 6.10 Å². The van der Waals surface area contributed by atoms with Crippen molar-refractivity contribution < 1.29 is 4.74 Å². The Balaban J connectivity index is 2.27. The zero-order valence-electron chi connectivity index (χ0n) is 9.78. The summed E-state index contributed by atoms with van der Waals surface area (Å²) in [5, 5.41) is 0. The molecule has 1 aromatic rings. The van der Waals surface area contributed by atoms with Crippen LogP contribution in [0.4, 0.5) is 5.82 Å².